The quantitative estimate of drug-likeness (QED) is 0.285. The van der Waals surface area contributed by atoms with Crippen molar-refractivity contribution in [3.63, 3.8) is 0 Å². The molecule has 1 amide bonds. The van der Waals surface area contributed by atoms with Crippen LogP contribution < -0.4 is 10.2 Å². The molecule has 3 aromatic rings. The van der Waals surface area contributed by atoms with E-state index in [2.05, 4.69) is 10.3 Å². The lowest BCUT2D eigenvalue weighted by Gasteiger charge is -2.19. The van der Waals surface area contributed by atoms with Gasteiger partial charge in [-0.05, 0) is 78.8 Å². The number of fused-ring (bicyclic) bond motifs is 1. The predicted octanol–water partition coefficient (Wildman–Crippen LogP) is 5.26. The second kappa shape index (κ2) is 10.0. The maximum Gasteiger partial charge on any atom is 0.251 e. The van der Waals surface area contributed by atoms with E-state index >= 15 is 0 Å². The minimum absolute atomic E-state index is 0.186. The molecule has 0 atom stereocenters. The Bertz CT molecular complexity index is 1150. The first kappa shape index (κ1) is 22.8. The monoisotopic (exact) mass is 457 g/mol. The van der Waals surface area contributed by atoms with Crippen molar-refractivity contribution in [1.82, 2.24) is 10.3 Å². The third-order valence-electron chi connectivity index (χ3n) is 5.66. The van der Waals surface area contributed by atoms with Gasteiger partial charge in [0.2, 0.25) is 0 Å². The summed E-state index contributed by atoms with van der Waals surface area (Å²) in [5.74, 6) is -3.46. The van der Waals surface area contributed by atoms with Crippen LogP contribution in [0, 0.1) is 17.5 Å². The third-order valence-corrected chi connectivity index (χ3v) is 5.66. The molecule has 1 aromatic heterocycles. The topological polar surface area (TPSA) is 45.2 Å². The van der Waals surface area contributed by atoms with Gasteiger partial charge in [0.05, 0.1) is 6.67 Å². The molecule has 1 N–H and O–H groups in total. The normalized spacial score (nSPS) is 12.7. The zero-order valence-electron chi connectivity index (χ0n) is 17.9. The molecule has 1 aliphatic heterocycles. The number of unbranched alkanes of at least 4 members (excludes halogenated alkanes) is 1. The van der Waals surface area contributed by atoms with Crippen molar-refractivity contribution in [2.24, 2.45) is 0 Å². The zero-order valence-corrected chi connectivity index (χ0v) is 17.9. The number of halogens is 4. The van der Waals surface area contributed by atoms with Gasteiger partial charge < -0.3 is 10.2 Å². The Morgan fingerprint density at radius 2 is 1.82 bits per heavy atom. The highest BCUT2D eigenvalue weighted by Gasteiger charge is 2.26. The Kier molecular flexibility index (Phi) is 6.91. The first-order valence-electron chi connectivity index (χ1n) is 10.8. The summed E-state index contributed by atoms with van der Waals surface area (Å²) in [5, 5.41) is 2.84. The number of amides is 1. The molecule has 2 heterocycles. The van der Waals surface area contributed by atoms with E-state index in [-0.39, 0.29) is 12.3 Å². The lowest BCUT2D eigenvalue weighted by molar-refractivity contribution is 0.0952. The number of alkyl halides is 1. The Hall–Kier alpha value is -3.42. The van der Waals surface area contributed by atoms with Gasteiger partial charge in [-0.3, -0.25) is 9.18 Å². The maximum absolute atomic E-state index is 13.6. The first-order valence-corrected chi connectivity index (χ1v) is 10.8. The van der Waals surface area contributed by atoms with E-state index in [0.29, 0.717) is 49.3 Å². The highest BCUT2D eigenvalue weighted by atomic mass is 19.2. The number of benzene rings is 2. The van der Waals surface area contributed by atoms with Gasteiger partial charge in [-0.1, -0.05) is 6.07 Å². The number of nitrogens with one attached hydrogen (secondary N) is 1. The van der Waals surface area contributed by atoms with Crippen LogP contribution in [0.15, 0.2) is 48.7 Å². The molecule has 0 saturated heterocycles. The minimum atomic E-state index is -1.48. The number of rotatable bonds is 8. The Morgan fingerprint density at radius 3 is 2.58 bits per heavy atom. The van der Waals surface area contributed by atoms with Crippen LogP contribution in [-0.2, 0) is 12.8 Å². The molecule has 33 heavy (non-hydrogen) atoms. The van der Waals surface area contributed by atoms with Crippen LogP contribution in [0.25, 0.3) is 0 Å². The fourth-order valence-electron chi connectivity index (χ4n) is 4.07. The number of aromatic nitrogens is 1. The number of hydrogen-bond donors (Lipinski definition) is 1. The zero-order chi connectivity index (χ0) is 23.4. The third kappa shape index (κ3) is 4.99. The standard InChI is InChI=1S/C25H23F4N3O/c26-8-1-2-9-31-25(33)19-4-3-5-22-18(19)7-11-32(22)23-15-16(6-10-30-23)12-17-13-20(27)24(29)21(28)14-17/h3-6,10,13-15H,1-2,7-9,11-12H2,(H,31,33). The molecule has 0 radical (unpaired) electrons. The molecule has 4 nitrogen and oxygen atoms in total. The van der Waals surface area contributed by atoms with Gasteiger partial charge in [-0.2, -0.15) is 0 Å². The number of carbonyl (C=O) groups excluding carboxylic acids is 1. The molecule has 0 unspecified atom stereocenters. The van der Waals surface area contributed by atoms with E-state index in [0.717, 1.165) is 28.9 Å². The summed E-state index contributed by atoms with van der Waals surface area (Å²) in [6.45, 7) is 0.644. The fourth-order valence-corrected chi connectivity index (χ4v) is 4.07. The SMILES string of the molecule is O=C(NCCCCF)c1cccc2c1CCN2c1cc(Cc2cc(F)c(F)c(F)c2)ccn1. The van der Waals surface area contributed by atoms with Crippen LogP contribution in [0.5, 0.6) is 0 Å². The Labute approximate surface area is 189 Å². The van der Waals surface area contributed by atoms with Crippen molar-refractivity contribution in [1.29, 1.82) is 0 Å². The molecule has 8 heteroatoms. The van der Waals surface area contributed by atoms with Crippen molar-refractivity contribution >= 4 is 17.4 Å². The minimum Gasteiger partial charge on any atom is -0.352 e. The van der Waals surface area contributed by atoms with E-state index in [1.807, 2.05) is 23.1 Å². The molecule has 0 saturated carbocycles. The van der Waals surface area contributed by atoms with Gasteiger partial charge in [0.1, 0.15) is 5.82 Å². The van der Waals surface area contributed by atoms with Crippen LogP contribution in [0.1, 0.15) is 39.9 Å². The summed E-state index contributed by atoms with van der Waals surface area (Å²) < 4.78 is 52.6. The predicted molar refractivity (Wildman–Crippen MR) is 118 cm³/mol. The van der Waals surface area contributed by atoms with Crippen LogP contribution in [0.4, 0.5) is 29.1 Å². The average molecular weight is 457 g/mol. The second-order valence-corrected chi connectivity index (χ2v) is 7.93. The fraction of sp³-hybridized carbons (Fsp3) is 0.280. The molecular formula is C25H23F4N3O. The van der Waals surface area contributed by atoms with Crippen molar-refractivity contribution in [3.05, 3.63) is 88.4 Å². The summed E-state index contributed by atoms with van der Waals surface area (Å²) in [4.78, 5) is 19.0. The van der Waals surface area contributed by atoms with E-state index in [4.69, 9.17) is 0 Å². The summed E-state index contributed by atoms with van der Waals surface area (Å²) in [6, 6.07) is 11.0. The van der Waals surface area contributed by atoms with Gasteiger partial charge in [0.15, 0.2) is 17.5 Å². The van der Waals surface area contributed by atoms with Crippen molar-refractivity contribution in [2.75, 3.05) is 24.7 Å². The van der Waals surface area contributed by atoms with E-state index in [9.17, 15) is 22.4 Å². The van der Waals surface area contributed by atoms with Crippen molar-refractivity contribution in [2.45, 2.75) is 25.7 Å². The molecule has 0 fully saturated rings. The lowest BCUT2D eigenvalue weighted by atomic mass is 10.0. The molecular weight excluding hydrogens is 434 g/mol. The van der Waals surface area contributed by atoms with Crippen molar-refractivity contribution < 1.29 is 22.4 Å². The second-order valence-electron chi connectivity index (χ2n) is 7.93. The van der Waals surface area contributed by atoms with Gasteiger partial charge in [0, 0.05) is 30.5 Å². The molecule has 1 aliphatic rings. The molecule has 172 valence electrons. The summed E-state index contributed by atoms with van der Waals surface area (Å²) in [6.07, 6.45) is 3.48. The van der Waals surface area contributed by atoms with Crippen LogP contribution in [-0.4, -0.2) is 30.7 Å². The van der Waals surface area contributed by atoms with Crippen LogP contribution in [0.3, 0.4) is 0 Å². The van der Waals surface area contributed by atoms with E-state index < -0.39 is 24.1 Å². The molecule has 2 aromatic carbocycles. The largest absolute Gasteiger partial charge is 0.352 e. The smallest absolute Gasteiger partial charge is 0.251 e. The average Bonchev–Trinajstić information content (AvgIpc) is 3.24. The number of hydrogen-bond acceptors (Lipinski definition) is 3. The maximum atomic E-state index is 13.6. The Morgan fingerprint density at radius 1 is 1.03 bits per heavy atom. The lowest BCUT2D eigenvalue weighted by Crippen LogP contribution is -2.25. The first-order chi connectivity index (χ1) is 16.0. The molecule has 0 bridgehead atoms. The van der Waals surface area contributed by atoms with Gasteiger partial charge in [0.25, 0.3) is 5.91 Å². The molecule has 0 spiro atoms. The van der Waals surface area contributed by atoms with Crippen molar-refractivity contribution in [3.8, 4) is 0 Å². The van der Waals surface area contributed by atoms with Gasteiger partial charge >= 0.3 is 0 Å². The van der Waals surface area contributed by atoms with E-state index in [1.54, 1.807) is 18.3 Å². The summed E-state index contributed by atoms with van der Waals surface area (Å²) in [5.41, 5.74) is 3.45. The highest BCUT2D eigenvalue weighted by Crippen LogP contribution is 2.36. The molecule has 4 rings (SSSR count). The van der Waals surface area contributed by atoms with Gasteiger partial charge in [-0.25, -0.2) is 18.2 Å². The highest BCUT2D eigenvalue weighted by molar-refractivity contribution is 5.98. The number of anilines is 2. The Balaban J connectivity index is 1.54. The summed E-state index contributed by atoms with van der Waals surface area (Å²) >= 11 is 0. The molecule has 0 aliphatic carbocycles. The van der Waals surface area contributed by atoms with Crippen LogP contribution >= 0.6 is 0 Å². The van der Waals surface area contributed by atoms with Gasteiger partial charge in [-0.15, -0.1) is 0 Å². The summed E-state index contributed by atoms with van der Waals surface area (Å²) in [7, 11) is 0. The number of carbonyl (C=O) groups is 1. The van der Waals surface area contributed by atoms with Crippen LogP contribution in [0.2, 0.25) is 0 Å². The number of nitrogens with zero attached hydrogens (tertiary/aromatic N) is 2. The number of pyridine rings is 1. The van der Waals surface area contributed by atoms with E-state index in [1.165, 1.54) is 0 Å².